The second kappa shape index (κ2) is 2.98. The molecular formula is C10H10BrNO2. The van der Waals surface area contributed by atoms with Gasteiger partial charge in [0.2, 0.25) is 0 Å². The lowest BCUT2D eigenvalue weighted by atomic mass is 9.95. The van der Waals surface area contributed by atoms with Gasteiger partial charge in [-0.25, -0.2) is 8.72 Å². The van der Waals surface area contributed by atoms with Gasteiger partial charge in [0.1, 0.15) is 5.60 Å². The molecule has 0 saturated heterocycles. The fourth-order valence-electron chi connectivity index (χ4n) is 1.57. The van der Waals surface area contributed by atoms with Crippen molar-refractivity contribution in [3.05, 3.63) is 29.8 Å². The van der Waals surface area contributed by atoms with Gasteiger partial charge in [-0.05, 0) is 19.9 Å². The lowest BCUT2D eigenvalue weighted by Crippen LogP contribution is -2.38. The predicted octanol–water partition coefficient (Wildman–Crippen LogP) is 3.19. The van der Waals surface area contributed by atoms with Gasteiger partial charge in [-0.3, -0.25) is 0 Å². The molecule has 3 nitrogen and oxygen atoms in total. The summed E-state index contributed by atoms with van der Waals surface area (Å²) in [7, 11) is 0. The second-order valence-corrected chi connectivity index (χ2v) is 4.39. The topological polar surface area (TPSA) is 29.5 Å². The van der Waals surface area contributed by atoms with E-state index in [1.54, 1.807) is 0 Å². The number of ether oxygens (including phenoxy) is 1. The van der Waals surface area contributed by atoms with Crippen molar-refractivity contribution >= 4 is 27.9 Å². The van der Waals surface area contributed by atoms with E-state index >= 15 is 0 Å². The van der Waals surface area contributed by atoms with Gasteiger partial charge >= 0.3 is 6.09 Å². The minimum absolute atomic E-state index is 0.381. The number of amides is 1. The van der Waals surface area contributed by atoms with Gasteiger partial charge in [-0.15, -0.1) is 0 Å². The highest BCUT2D eigenvalue weighted by molar-refractivity contribution is 9.10. The predicted molar refractivity (Wildman–Crippen MR) is 57.4 cm³/mol. The number of carbonyl (C=O) groups is 1. The lowest BCUT2D eigenvalue weighted by molar-refractivity contribution is 0.0393. The molecule has 1 aromatic carbocycles. The zero-order valence-electron chi connectivity index (χ0n) is 7.95. The third kappa shape index (κ3) is 1.30. The number of hydrogen-bond donors (Lipinski definition) is 0. The number of hydrogen-bond acceptors (Lipinski definition) is 2. The lowest BCUT2D eigenvalue weighted by Gasteiger charge is -2.35. The van der Waals surface area contributed by atoms with Crippen LogP contribution in [0.15, 0.2) is 24.3 Å². The van der Waals surface area contributed by atoms with Crippen molar-refractivity contribution in [2.45, 2.75) is 19.4 Å². The molecule has 1 aromatic rings. The minimum Gasteiger partial charge on any atom is -0.438 e. The summed E-state index contributed by atoms with van der Waals surface area (Å²) < 4.78 is 6.59. The Morgan fingerprint density at radius 3 is 2.71 bits per heavy atom. The van der Waals surface area contributed by atoms with Crippen molar-refractivity contribution in [3.63, 3.8) is 0 Å². The third-order valence-electron chi connectivity index (χ3n) is 2.27. The van der Waals surface area contributed by atoms with Crippen LogP contribution < -0.4 is 3.93 Å². The molecule has 0 fully saturated rings. The zero-order chi connectivity index (χ0) is 10.3. The molecule has 0 spiro atoms. The van der Waals surface area contributed by atoms with Gasteiger partial charge in [0.25, 0.3) is 0 Å². The Morgan fingerprint density at radius 2 is 2.00 bits per heavy atom. The van der Waals surface area contributed by atoms with Crippen LogP contribution in [0.25, 0.3) is 0 Å². The molecule has 1 heterocycles. The van der Waals surface area contributed by atoms with E-state index in [1.807, 2.05) is 38.1 Å². The molecule has 0 atom stereocenters. The van der Waals surface area contributed by atoms with E-state index in [9.17, 15) is 4.79 Å². The molecule has 0 aromatic heterocycles. The van der Waals surface area contributed by atoms with Gasteiger partial charge in [0, 0.05) is 5.56 Å². The number of rotatable bonds is 0. The maximum absolute atomic E-state index is 11.4. The minimum atomic E-state index is -0.558. The van der Waals surface area contributed by atoms with Crippen LogP contribution in [-0.4, -0.2) is 6.09 Å². The van der Waals surface area contributed by atoms with Crippen molar-refractivity contribution in [1.82, 2.24) is 0 Å². The van der Waals surface area contributed by atoms with Crippen LogP contribution in [-0.2, 0) is 10.3 Å². The molecule has 1 aliphatic heterocycles. The highest BCUT2D eigenvalue weighted by Crippen LogP contribution is 2.39. The molecule has 0 unspecified atom stereocenters. The normalized spacial score (nSPS) is 18.8. The van der Waals surface area contributed by atoms with E-state index in [-0.39, 0.29) is 6.09 Å². The van der Waals surface area contributed by atoms with Gasteiger partial charge in [0.05, 0.1) is 21.8 Å². The molecule has 1 aliphatic rings. The quantitative estimate of drug-likeness (QED) is 0.667. The summed E-state index contributed by atoms with van der Waals surface area (Å²) in [6.45, 7) is 3.76. The monoisotopic (exact) mass is 255 g/mol. The van der Waals surface area contributed by atoms with Crippen LogP contribution in [0.3, 0.4) is 0 Å². The fraction of sp³-hybridized carbons (Fsp3) is 0.300. The molecule has 0 N–H and O–H groups in total. The zero-order valence-corrected chi connectivity index (χ0v) is 9.54. The molecule has 14 heavy (non-hydrogen) atoms. The summed E-state index contributed by atoms with van der Waals surface area (Å²) in [6.07, 6.45) is -0.381. The smallest absolute Gasteiger partial charge is 0.425 e. The SMILES string of the molecule is CC1(C)OC(=O)N(Br)c2ccccc21. The highest BCUT2D eigenvalue weighted by atomic mass is 79.9. The Kier molecular flexibility index (Phi) is 2.03. The Labute approximate surface area is 91.0 Å². The van der Waals surface area contributed by atoms with E-state index < -0.39 is 5.60 Å². The van der Waals surface area contributed by atoms with Crippen molar-refractivity contribution < 1.29 is 9.53 Å². The molecule has 0 aliphatic carbocycles. The number of fused-ring (bicyclic) bond motifs is 1. The van der Waals surface area contributed by atoms with Gasteiger partial charge < -0.3 is 4.74 Å². The summed E-state index contributed by atoms with van der Waals surface area (Å²) in [5.74, 6) is 0. The summed E-state index contributed by atoms with van der Waals surface area (Å²) in [6, 6.07) is 7.66. The van der Waals surface area contributed by atoms with Crippen LogP contribution in [0.4, 0.5) is 10.5 Å². The van der Waals surface area contributed by atoms with Crippen LogP contribution in [0.1, 0.15) is 19.4 Å². The Morgan fingerprint density at radius 1 is 1.36 bits per heavy atom. The summed E-state index contributed by atoms with van der Waals surface area (Å²) in [5.41, 5.74) is 1.28. The average molecular weight is 256 g/mol. The number of benzene rings is 1. The first-order valence-corrected chi connectivity index (χ1v) is 5.02. The Bertz CT molecular complexity index is 389. The van der Waals surface area contributed by atoms with Crippen molar-refractivity contribution in [2.24, 2.45) is 0 Å². The maximum atomic E-state index is 11.4. The van der Waals surface area contributed by atoms with E-state index in [4.69, 9.17) is 4.74 Å². The average Bonchev–Trinajstić information content (AvgIpc) is 2.14. The maximum Gasteiger partial charge on any atom is 0.425 e. The third-order valence-corrected chi connectivity index (χ3v) is 2.94. The number of anilines is 1. The van der Waals surface area contributed by atoms with Crippen molar-refractivity contribution in [1.29, 1.82) is 0 Å². The van der Waals surface area contributed by atoms with Crippen LogP contribution >= 0.6 is 16.1 Å². The van der Waals surface area contributed by atoms with Crippen LogP contribution in [0.5, 0.6) is 0 Å². The highest BCUT2D eigenvalue weighted by Gasteiger charge is 2.36. The molecule has 0 radical (unpaired) electrons. The molecule has 0 saturated carbocycles. The largest absolute Gasteiger partial charge is 0.438 e. The number of halogens is 1. The summed E-state index contributed by atoms with van der Waals surface area (Å²) >= 11 is 3.16. The van der Waals surface area contributed by atoms with Crippen LogP contribution in [0.2, 0.25) is 0 Å². The number of carbonyl (C=O) groups excluding carboxylic acids is 1. The fourth-order valence-corrected chi connectivity index (χ4v) is 1.95. The molecular weight excluding hydrogens is 246 g/mol. The number of para-hydroxylation sites is 1. The van der Waals surface area contributed by atoms with Gasteiger partial charge in [-0.1, -0.05) is 18.2 Å². The Balaban J connectivity index is 2.61. The molecule has 4 heteroatoms. The molecule has 74 valence electrons. The van der Waals surface area contributed by atoms with Crippen molar-refractivity contribution in [3.8, 4) is 0 Å². The number of cyclic esters (lactones) is 1. The number of nitrogens with zero attached hydrogens (tertiary/aromatic N) is 1. The molecule has 0 bridgehead atoms. The standard InChI is InChI=1S/C10H10BrNO2/c1-10(2)7-5-3-4-6-8(7)12(11)9(13)14-10/h3-6H,1-2H3. The summed E-state index contributed by atoms with van der Waals surface area (Å²) in [5, 5.41) is 0. The first-order chi connectivity index (χ1) is 6.52. The van der Waals surface area contributed by atoms with Crippen molar-refractivity contribution in [2.75, 3.05) is 3.93 Å². The Hall–Kier alpha value is -1.03. The summed E-state index contributed by atoms with van der Waals surface area (Å²) in [4.78, 5) is 11.4. The first-order valence-electron chi connectivity index (χ1n) is 4.31. The van der Waals surface area contributed by atoms with E-state index in [2.05, 4.69) is 16.1 Å². The van der Waals surface area contributed by atoms with E-state index in [0.717, 1.165) is 11.3 Å². The molecule has 1 amide bonds. The second-order valence-electron chi connectivity index (χ2n) is 3.68. The van der Waals surface area contributed by atoms with E-state index in [1.165, 1.54) is 3.93 Å². The van der Waals surface area contributed by atoms with Gasteiger partial charge in [0.15, 0.2) is 0 Å². The van der Waals surface area contributed by atoms with Gasteiger partial charge in [-0.2, -0.15) is 0 Å². The van der Waals surface area contributed by atoms with Crippen LogP contribution in [0, 0.1) is 0 Å². The van der Waals surface area contributed by atoms with E-state index in [0.29, 0.717) is 0 Å². The first kappa shape index (κ1) is 9.52. The molecule has 2 rings (SSSR count).